The van der Waals surface area contributed by atoms with Gasteiger partial charge in [0.25, 0.3) is 0 Å². The molecule has 0 fully saturated rings. The lowest BCUT2D eigenvalue weighted by Crippen LogP contribution is -2.06. The highest BCUT2D eigenvalue weighted by Crippen LogP contribution is 2.30. The van der Waals surface area contributed by atoms with E-state index in [0.717, 1.165) is 46.2 Å². The summed E-state index contributed by atoms with van der Waals surface area (Å²) in [6.45, 7) is 16.0. The summed E-state index contributed by atoms with van der Waals surface area (Å²) < 4.78 is 0. The Morgan fingerprint density at radius 3 is 1.81 bits per heavy atom. The molecule has 2 atom stereocenters. The Labute approximate surface area is 188 Å². The van der Waals surface area contributed by atoms with Crippen molar-refractivity contribution < 1.29 is 10.2 Å². The minimum atomic E-state index is -0.780. The van der Waals surface area contributed by atoms with E-state index in [2.05, 4.69) is 56.5 Å². The van der Waals surface area contributed by atoms with Crippen molar-refractivity contribution in [3.63, 3.8) is 0 Å². The van der Waals surface area contributed by atoms with Gasteiger partial charge in [0, 0.05) is 12.0 Å². The van der Waals surface area contributed by atoms with E-state index in [1.165, 1.54) is 11.1 Å². The van der Waals surface area contributed by atoms with Crippen LogP contribution in [-0.4, -0.2) is 10.2 Å². The third kappa shape index (κ3) is 6.44. The predicted molar refractivity (Wildman–Crippen MR) is 131 cm³/mol. The largest absolute Gasteiger partial charge is 0.387 e. The van der Waals surface area contributed by atoms with Crippen LogP contribution in [0.3, 0.4) is 0 Å². The van der Waals surface area contributed by atoms with Crippen LogP contribution >= 0.6 is 0 Å². The molecule has 0 aliphatic carbocycles. The van der Waals surface area contributed by atoms with Crippen molar-refractivity contribution in [2.45, 2.75) is 73.0 Å². The van der Waals surface area contributed by atoms with Gasteiger partial charge in [0.1, 0.15) is 6.10 Å². The zero-order valence-electron chi connectivity index (χ0n) is 19.8. The van der Waals surface area contributed by atoms with Gasteiger partial charge in [0.2, 0.25) is 0 Å². The van der Waals surface area contributed by atoms with E-state index >= 15 is 0 Å². The quantitative estimate of drug-likeness (QED) is 0.304. The number of unbranched alkanes of at least 4 members (excludes halogenated alkanes) is 1. The fourth-order valence-corrected chi connectivity index (χ4v) is 4.43. The molecule has 0 saturated heterocycles. The molecule has 2 heteroatoms. The van der Waals surface area contributed by atoms with Crippen LogP contribution in [0.5, 0.6) is 0 Å². The Morgan fingerprint density at radius 1 is 0.839 bits per heavy atom. The molecule has 0 aliphatic heterocycles. The van der Waals surface area contributed by atoms with Gasteiger partial charge in [-0.1, -0.05) is 59.4 Å². The van der Waals surface area contributed by atoms with Crippen LogP contribution in [0.15, 0.2) is 48.6 Å². The first-order valence-corrected chi connectivity index (χ1v) is 11.0. The lowest BCUT2D eigenvalue weighted by Gasteiger charge is -2.18. The van der Waals surface area contributed by atoms with Crippen molar-refractivity contribution in [2.24, 2.45) is 0 Å². The van der Waals surface area contributed by atoms with E-state index in [9.17, 15) is 10.2 Å². The van der Waals surface area contributed by atoms with Gasteiger partial charge in [-0.15, -0.1) is 6.58 Å². The van der Waals surface area contributed by atoms with Crippen LogP contribution in [0, 0.1) is 53.4 Å². The molecule has 0 aliphatic rings. The molecule has 31 heavy (non-hydrogen) atoms. The minimum absolute atomic E-state index is 0.322. The first kappa shape index (κ1) is 24.7. The molecule has 2 aromatic carbocycles. The number of aliphatic hydroxyl groups excluding tert-OH is 2. The molecule has 2 unspecified atom stereocenters. The summed E-state index contributed by atoms with van der Waals surface area (Å²) in [6, 6.07) is 8.36. The number of aryl methyl sites for hydroxylation is 6. The normalized spacial score (nSPS) is 13.4. The zero-order chi connectivity index (χ0) is 23.1. The smallest absolute Gasteiger partial charge is 0.112 e. The second-order valence-electron chi connectivity index (χ2n) is 8.57. The molecular weight excluding hydrogens is 380 g/mol. The molecule has 0 aromatic heterocycles. The van der Waals surface area contributed by atoms with Crippen LogP contribution in [0.4, 0.5) is 0 Å². The van der Waals surface area contributed by atoms with E-state index < -0.39 is 12.2 Å². The summed E-state index contributed by atoms with van der Waals surface area (Å²) >= 11 is 0. The standard InChI is InChI=1S/C29H36O2/c1-8-9-10-12-25(29(31)28-23(6)17-20(3)18-24(28)7)13-11-14-26(30)27-21(4)15-19(2)16-22(27)5/h8,12,15-18,26,29-31H,1,9-10,14H2,2-7H3/b25-12+. The molecule has 0 spiro atoms. The molecule has 0 saturated carbocycles. The molecule has 0 amide bonds. The Bertz CT molecular complexity index is 984. The van der Waals surface area contributed by atoms with E-state index in [1.54, 1.807) is 0 Å². The summed E-state index contributed by atoms with van der Waals surface area (Å²) in [5.41, 5.74) is 9.20. The highest BCUT2D eigenvalue weighted by Gasteiger charge is 2.18. The van der Waals surface area contributed by atoms with Crippen LogP contribution in [0.2, 0.25) is 0 Å². The average molecular weight is 417 g/mol. The summed E-state index contributed by atoms with van der Waals surface area (Å²) in [5, 5.41) is 22.0. The monoisotopic (exact) mass is 416 g/mol. The van der Waals surface area contributed by atoms with Crippen LogP contribution in [-0.2, 0) is 0 Å². The topological polar surface area (TPSA) is 40.5 Å². The van der Waals surface area contributed by atoms with E-state index in [-0.39, 0.29) is 0 Å². The van der Waals surface area contributed by atoms with E-state index in [0.29, 0.717) is 12.0 Å². The number of hydrogen-bond donors (Lipinski definition) is 2. The van der Waals surface area contributed by atoms with Crippen molar-refractivity contribution in [1.29, 1.82) is 0 Å². The Kier molecular flexibility index (Phi) is 8.87. The second-order valence-corrected chi connectivity index (χ2v) is 8.57. The lowest BCUT2D eigenvalue weighted by molar-refractivity contribution is 0.182. The van der Waals surface area contributed by atoms with Gasteiger partial charge in [-0.2, -0.15) is 0 Å². The fourth-order valence-electron chi connectivity index (χ4n) is 4.43. The van der Waals surface area contributed by atoms with Crippen molar-refractivity contribution >= 4 is 0 Å². The maximum Gasteiger partial charge on any atom is 0.112 e. The molecule has 2 N–H and O–H groups in total. The third-order valence-corrected chi connectivity index (χ3v) is 5.64. The summed E-state index contributed by atoms with van der Waals surface area (Å²) in [4.78, 5) is 0. The van der Waals surface area contributed by atoms with Crippen LogP contribution < -0.4 is 0 Å². The molecule has 164 valence electrons. The highest BCUT2D eigenvalue weighted by molar-refractivity contribution is 5.46. The maximum atomic E-state index is 11.2. The van der Waals surface area contributed by atoms with E-state index in [1.807, 2.05) is 39.8 Å². The zero-order valence-corrected chi connectivity index (χ0v) is 19.8. The van der Waals surface area contributed by atoms with Crippen LogP contribution in [0.1, 0.15) is 76.0 Å². The van der Waals surface area contributed by atoms with Gasteiger partial charge in [-0.3, -0.25) is 0 Å². The number of allylic oxidation sites excluding steroid dienone is 2. The van der Waals surface area contributed by atoms with Crippen LogP contribution in [0.25, 0.3) is 0 Å². The van der Waals surface area contributed by atoms with Gasteiger partial charge in [0.05, 0.1) is 6.10 Å². The summed E-state index contributed by atoms with van der Waals surface area (Å²) in [6.07, 6.45) is 4.35. The van der Waals surface area contributed by atoms with Crippen molar-refractivity contribution in [1.82, 2.24) is 0 Å². The Balaban J connectivity index is 2.32. The molecule has 0 radical (unpaired) electrons. The Hall–Kier alpha value is -2.60. The van der Waals surface area contributed by atoms with Gasteiger partial charge in [-0.25, -0.2) is 0 Å². The second kappa shape index (κ2) is 11.1. The fraction of sp³-hybridized carbons (Fsp3) is 0.379. The molecule has 2 aromatic rings. The molecule has 2 rings (SSSR count). The van der Waals surface area contributed by atoms with Crippen molar-refractivity contribution in [3.05, 3.63) is 93.1 Å². The average Bonchev–Trinajstić information content (AvgIpc) is 2.65. The SMILES string of the molecule is C=CCC/C=C(\C#CCC(O)c1c(C)cc(C)cc1C)C(O)c1c(C)cc(C)cc1C. The number of hydrogen-bond acceptors (Lipinski definition) is 2. The third-order valence-electron chi connectivity index (χ3n) is 5.64. The summed E-state index contributed by atoms with van der Waals surface area (Å²) in [5.74, 6) is 6.29. The lowest BCUT2D eigenvalue weighted by atomic mass is 9.91. The number of benzene rings is 2. The van der Waals surface area contributed by atoms with Gasteiger partial charge in [-0.05, 0) is 87.8 Å². The number of aliphatic hydroxyl groups is 2. The molecule has 0 heterocycles. The van der Waals surface area contributed by atoms with Crippen molar-refractivity contribution in [2.75, 3.05) is 0 Å². The van der Waals surface area contributed by atoms with Gasteiger partial charge in [0.15, 0.2) is 0 Å². The predicted octanol–water partition coefficient (Wildman–Crippen LogP) is 6.59. The first-order chi connectivity index (χ1) is 14.6. The number of rotatable bonds is 7. The van der Waals surface area contributed by atoms with Gasteiger partial charge >= 0.3 is 0 Å². The maximum absolute atomic E-state index is 11.2. The molecular formula is C29H36O2. The highest BCUT2D eigenvalue weighted by atomic mass is 16.3. The molecule has 2 nitrogen and oxygen atoms in total. The van der Waals surface area contributed by atoms with E-state index in [4.69, 9.17) is 0 Å². The van der Waals surface area contributed by atoms with Crippen molar-refractivity contribution in [3.8, 4) is 11.8 Å². The Morgan fingerprint density at radius 2 is 1.32 bits per heavy atom. The summed E-state index contributed by atoms with van der Waals surface area (Å²) in [7, 11) is 0. The molecule has 0 bridgehead atoms. The minimum Gasteiger partial charge on any atom is -0.387 e. The first-order valence-electron chi connectivity index (χ1n) is 11.0. The van der Waals surface area contributed by atoms with Gasteiger partial charge < -0.3 is 10.2 Å².